The molecule has 0 bridgehead atoms. The Bertz CT molecular complexity index is 1200. The maximum absolute atomic E-state index is 13.1. The Hall–Kier alpha value is -3.77. The van der Waals surface area contributed by atoms with Crippen LogP contribution in [0.25, 0.3) is 5.76 Å². The first kappa shape index (κ1) is 21.5. The second-order valence-corrected chi connectivity index (χ2v) is 7.56. The fourth-order valence-corrected chi connectivity index (χ4v) is 3.91. The van der Waals surface area contributed by atoms with Gasteiger partial charge in [-0.3, -0.25) is 14.5 Å². The Kier molecular flexibility index (Phi) is 5.88. The second-order valence-electron chi connectivity index (χ2n) is 7.13. The molecule has 0 radical (unpaired) electrons. The van der Waals surface area contributed by atoms with Gasteiger partial charge in [0.1, 0.15) is 5.76 Å². The Balaban J connectivity index is 1.96. The zero-order valence-electron chi connectivity index (χ0n) is 17.4. The Morgan fingerprint density at radius 1 is 0.906 bits per heavy atom. The first-order valence-electron chi connectivity index (χ1n) is 9.80. The number of benzene rings is 3. The monoisotopic (exact) mass is 449 g/mol. The normalized spacial score (nSPS) is 17.5. The molecule has 3 aromatic carbocycles. The van der Waals surface area contributed by atoms with E-state index in [1.807, 2.05) is 6.07 Å². The number of methoxy groups -OCH3 is 2. The summed E-state index contributed by atoms with van der Waals surface area (Å²) in [5, 5.41) is 11.6. The van der Waals surface area contributed by atoms with Crippen LogP contribution in [0.4, 0.5) is 5.69 Å². The number of anilines is 1. The van der Waals surface area contributed by atoms with Gasteiger partial charge < -0.3 is 14.6 Å². The van der Waals surface area contributed by atoms with E-state index in [1.54, 1.807) is 66.7 Å². The number of nitrogens with zero attached hydrogens (tertiary/aromatic N) is 1. The first-order chi connectivity index (χ1) is 15.5. The average molecular weight is 450 g/mol. The Morgan fingerprint density at radius 3 is 2.19 bits per heavy atom. The van der Waals surface area contributed by atoms with E-state index < -0.39 is 17.7 Å². The highest BCUT2D eigenvalue weighted by Crippen LogP contribution is 2.44. The molecule has 1 heterocycles. The first-order valence-corrected chi connectivity index (χ1v) is 10.2. The number of ketones is 1. The third-order valence-electron chi connectivity index (χ3n) is 5.32. The van der Waals surface area contributed by atoms with Crippen molar-refractivity contribution in [2.24, 2.45) is 0 Å². The predicted octanol–water partition coefficient (Wildman–Crippen LogP) is 4.98. The van der Waals surface area contributed by atoms with Crippen LogP contribution in [0.1, 0.15) is 17.2 Å². The highest BCUT2D eigenvalue weighted by atomic mass is 35.5. The van der Waals surface area contributed by atoms with Gasteiger partial charge in [0.15, 0.2) is 11.5 Å². The maximum atomic E-state index is 13.1. The summed E-state index contributed by atoms with van der Waals surface area (Å²) in [7, 11) is 3.03. The molecule has 7 heteroatoms. The van der Waals surface area contributed by atoms with E-state index in [0.717, 1.165) is 0 Å². The van der Waals surface area contributed by atoms with Crippen molar-refractivity contribution in [3.8, 4) is 11.5 Å². The average Bonchev–Trinajstić information content (AvgIpc) is 3.09. The number of rotatable bonds is 5. The highest BCUT2D eigenvalue weighted by molar-refractivity contribution is 6.51. The van der Waals surface area contributed by atoms with Crippen LogP contribution in [0.3, 0.4) is 0 Å². The molecule has 162 valence electrons. The van der Waals surface area contributed by atoms with Gasteiger partial charge in [0.05, 0.1) is 25.8 Å². The van der Waals surface area contributed by atoms with Crippen molar-refractivity contribution in [3.05, 3.63) is 94.5 Å². The minimum atomic E-state index is -0.868. The maximum Gasteiger partial charge on any atom is 0.300 e. The summed E-state index contributed by atoms with van der Waals surface area (Å²) in [4.78, 5) is 27.6. The molecular formula is C25H20ClNO5. The van der Waals surface area contributed by atoms with E-state index in [9.17, 15) is 14.7 Å². The molecule has 1 aliphatic rings. The zero-order valence-corrected chi connectivity index (χ0v) is 18.2. The van der Waals surface area contributed by atoms with Crippen LogP contribution < -0.4 is 14.4 Å². The molecule has 1 aliphatic heterocycles. The molecule has 1 unspecified atom stereocenters. The Labute approximate surface area is 190 Å². The number of hydrogen-bond acceptors (Lipinski definition) is 5. The van der Waals surface area contributed by atoms with Crippen LogP contribution in [0.15, 0.2) is 78.4 Å². The number of aliphatic hydroxyl groups is 1. The molecule has 4 rings (SSSR count). The van der Waals surface area contributed by atoms with Crippen LogP contribution in [0, 0.1) is 0 Å². The fourth-order valence-electron chi connectivity index (χ4n) is 3.79. The predicted molar refractivity (Wildman–Crippen MR) is 122 cm³/mol. The summed E-state index contributed by atoms with van der Waals surface area (Å²) in [5.74, 6) is -0.841. The summed E-state index contributed by atoms with van der Waals surface area (Å²) in [6, 6.07) is 19.5. The number of carbonyl (C=O) groups is 2. The van der Waals surface area contributed by atoms with Crippen molar-refractivity contribution in [2.75, 3.05) is 19.1 Å². The molecule has 0 aromatic heterocycles. The third-order valence-corrected chi connectivity index (χ3v) is 5.57. The largest absolute Gasteiger partial charge is 0.507 e. The summed E-state index contributed by atoms with van der Waals surface area (Å²) < 4.78 is 10.7. The minimum absolute atomic E-state index is 0.0200. The summed E-state index contributed by atoms with van der Waals surface area (Å²) in [6.45, 7) is 0. The summed E-state index contributed by atoms with van der Waals surface area (Å²) in [5.41, 5.74) is 1.48. The Morgan fingerprint density at radius 2 is 1.56 bits per heavy atom. The van der Waals surface area contributed by atoms with E-state index in [1.165, 1.54) is 19.1 Å². The molecule has 1 amide bonds. The lowest BCUT2D eigenvalue weighted by atomic mass is 9.94. The van der Waals surface area contributed by atoms with E-state index in [-0.39, 0.29) is 11.3 Å². The molecule has 1 saturated heterocycles. The molecule has 1 fully saturated rings. The van der Waals surface area contributed by atoms with Crippen molar-refractivity contribution in [1.29, 1.82) is 0 Å². The van der Waals surface area contributed by atoms with E-state index in [4.69, 9.17) is 21.1 Å². The van der Waals surface area contributed by atoms with Gasteiger partial charge in [0.2, 0.25) is 0 Å². The molecule has 0 aliphatic carbocycles. The van der Waals surface area contributed by atoms with Gasteiger partial charge in [-0.15, -0.1) is 0 Å². The van der Waals surface area contributed by atoms with Crippen molar-refractivity contribution in [3.63, 3.8) is 0 Å². The van der Waals surface area contributed by atoms with E-state index in [0.29, 0.717) is 33.3 Å². The van der Waals surface area contributed by atoms with Crippen molar-refractivity contribution < 1.29 is 24.2 Å². The lowest BCUT2D eigenvalue weighted by molar-refractivity contribution is -0.132. The van der Waals surface area contributed by atoms with Gasteiger partial charge in [0, 0.05) is 16.3 Å². The fraction of sp³-hybridized carbons (Fsp3) is 0.120. The van der Waals surface area contributed by atoms with Crippen molar-refractivity contribution in [2.45, 2.75) is 6.04 Å². The lowest BCUT2D eigenvalue weighted by Crippen LogP contribution is -2.29. The molecule has 1 atom stereocenters. The summed E-state index contributed by atoms with van der Waals surface area (Å²) >= 11 is 5.96. The van der Waals surface area contributed by atoms with Crippen molar-refractivity contribution >= 4 is 34.7 Å². The van der Waals surface area contributed by atoms with Gasteiger partial charge in [-0.25, -0.2) is 0 Å². The molecule has 3 aromatic rings. The molecular weight excluding hydrogens is 430 g/mol. The van der Waals surface area contributed by atoms with Crippen LogP contribution in [0.2, 0.25) is 5.02 Å². The van der Waals surface area contributed by atoms with Gasteiger partial charge >= 0.3 is 0 Å². The number of aliphatic hydroxyl groups excluding tert-OH is 1. The number of ether oxygens (including phenoxy) is 2. The van der Waals surface area contributed by atoms with Crippen LogP contribution in [0.5, 0.6) is 11.5 Å². The van der Waals surface area contributed by atoms with Crippen LogP contribution in [-0.4, -0.2) is 31.0 Å². The van der Waals surface area contributed by atoms with Crippen LogP contribution >= 0.6 is 11.6 Å². The smallest absolute Gasteiger partial charge is 0.300 e. The highest BCUT2D eigenvalue weighted by Gasteiger charge is 2.47. The number of Topliss-reactive ketones (excluding diaryl/α,β-unsaturated/α-hetero) is 1. The number of amides is 1. The number of halogens is 1. The van der Waals surface area contributed by atoms with Gasteiger partial charge in [-0.1, -0.05) is 35.9 Å². The number of hydrogen-bond donors (Lipinski definition) is 1. The topological polar surface area (TPSA) is 76.1 Å². The summed E-state index contributed by atoms with van der Waals surface area (Å²) in [6.07, 6.45) is 0. The molecule has 32 heavy (non-hydrogen) atoms. The van der Waals surface area contributed by atoms with Gasteiger partial charge in [-0.2, -0.15) is 0 Å². The zero-order chi connectivity index (χ0) is 22.8. The standard InChI is InChI=1S/C25H20ClNO5/c1-31-19-13-10-16(14-20(19)32-2)22-21(23(28)15-8-11-17(26)12-9-15)24(29)25(30)27(22)18-6-4-3-5-7-18/h3-14,22,28H,1-2H3/b23-21-. The molecule has 0 saturated carbocycles. The molecule has 6 nitrogen and oxygen atoms in total. The van der Waals surface area contributed by atoms with Gasteiger partial charge in [-0.05, 0) is 54.1 Å². The van der Waals surface area contributed by atoms with E-state index >= 15 is 0 Å². The third kappa shape index (κ3) is 3.69. The number of para-hydroxylation sites is 1. The SMILES string of the molecule is COc1ccc(C2/C(=C(/O)c3ccc(Cl)cc3)C(=O)C(=O)N2c2ccccc2)cc1OC. The van der Waals surface area contributed by atoms with Crippen molar-refractivity contribution in [1.82, 2.24) is 0 Å². The quantitative estimate of drug-likeness (QED) is 0.337. The molecule has 0 spiro atoms. The number of carbonyl (C=O) groups excluding carboxylic acids is 2. The minimum Gasteiger partial charge on any atom is -0.507 e. The van der Waals surface area contributed by atoms with E-state index in [2.05, 4.69) is 0 Å². The lowest BCUT2D eigenvalue weighted by Gasteiger charge is -2.26. The van der Waals surface area contributed by atoms with Crippen LogP contribution in [-0.2, 0) is 9.59 Å². The molecule has 1 N–H and O–H groups in total. The van der Waals surface area contributed by atoms with Gasteiger partial charge in [0.25, 0.3) is 11.7 Å². The second kappa shape index (κ2) is 8.77.